The molecule has 0 fully saturated rings. The third-order valence-corrected chi connectivity index (χ3v) is 14.6. The topological polar surface area (TPSA) is 32.0 Å². The Balaban J connectivity index is 1.21. The van der Waals surface area contributed by atoms with E-state index in [0.29, 0.717) is 5.56 Å². The summed E-state index contributed by atoms with van der Waals surface area (Å²) in [7, 11) is 0. The van der Waals surface area contributed by atoms with E-state index in [0.717, 1.165) is 39.3 Å². The molecule has 0 atom stereocenters. The number of nitrogens with zero attached hydrogens (tertiary/aromatic N) is 3. The van der Waals surface area contributed by atoms with Crippen LogP contribution in [0.2, 0.25) is 0 Å². The van der Waals surface area contributed by atoms with Crippen LogP contribution < -0.4 is 15.8 Å². The summed E-state index contributed by atoms with van der Waals surface area (Å²) in [5.74, 6) is 0. The molecule has 2 aliphatic rings. The van der Waals surface area contributed by atoms with Crippen LogP contribution in [0.4, 0.5) is 17.1 Å². The van der Waals surface area contributed by atoms with Gasteiger partial charge in [0, 0.05) is 44.4 Å². The molecule has 0 radical (unpaired) electrons. The van der Waals surface area contributed by atoms with E-state index in [-0.39, 0.29) is 6.85 Å². The largest absolute Gasteiger partial charge is 0.375 e. The molecule has 3 heterocycles. The summed E-state index contributed by atoms with van der Waals surface area (Å²) in [6.07, 6.45) is 0. The lowest BCUT2D eigenvalue weighted by atomic mass is 9.44. The van der Waals surface area contributed by atoms with E-state index in [1.165, 1.54) is 99.1 Å². The molecule has 1 aromatic heterocycles. The highest BCUT2D eigenvalue weighted by molar-refractivity contribution is 6.90. The molecule has 0 amide bonds. The van der Waals surface area contributed by atoms with Crippen molar-refractivity contribution in [2.24, 2.45) is 0 Å². The zero-order valence-corrected chi connectivity index (χ0v) is 37.9. The van der Waals surface area contributed by atoms with E-state index >= 15 is 0 Å². The first-order valence-corrected chi connectivity index (χ1v) is 23.3. The SMILES string of the molecule is Cc1cc(C)c(-c2ccc3c(c2)B2c4c(cc(-c5cccc(C#N)c5)c(C)c4-c4cccc5c6c7ccccc7ccc6n2c45)N3c2cc(-c3ccccc3)cc(-c3ccccc3)c2)c(C)c1. The number of benzene rings is 10. The highest BCUT2D eigenvalue weighted by atomic mass is 15.2. The van der Waals surface area contributed by atoms with Crippen LogP contribution in [0.15, 0.2) is 194 Å². The fraction of sp³-hybridized carbons (Fsp3) is 0.0635. The molecule has 67 heavy (non-hydrogen) atoms. The van der Waals surface area contributed by atoms with Crippen LogP contribution in [0.3, 0.4) is 0 Å². The van der Waals surface area contributed by atoms with E-state index in [2.05, 4.69) is 225 Å². The average Bonchev–Trinajstić information content (AvgIpc) is 3.71. The second-order valence-corrected chi connectivity index (χ2v) is 18.6. The van der Waals surface area contributed by atoms with Gasteiger partial charge in [0.25, 0.3) is 0 Å². The van der Waals surface area contributed by atoms with Crippen LogP contribution in [0.5, 0.6) is 0 Å². The van der Waals surface area contributed by atoms with E-state index in [4.69, 9.17) is 0 Å². The Kier molecular flexibility index (Phi) is 8.63. The molecule has 314 valence electrons. The van der Waals surface area contributed by atoms with Gasteiger partial charge in [-0.05, 0) is 165 Å². The summed E-state index contributed by atoms with van der Waals surface area (Å²) in [6.45, 7) is 8.85. The van der Waals surface area contributed by atoms with Crippen molar-refractivity contribution in [1.29, 1.82) is 5.26 Å². The van der Waals surface area contributed by atoms with Gasteiger partial charge in [0.2, 0.25) is 0 Å². The van der Waals surface area contributed by atoms with Crippen molar-refractivity contribution in [2.75, 3.05) is 4.90 Å². The van der Waals surface area contributed by atoms with Gasteiger partial charge < -0.3 is 9.38 Å². The van der Waals surface area contributed by atoms with Crippen molar-refractivity contribution in [3.63, 3.8) is 0 Å². The molecule has 11 aromatic rings. The fourth-order valence-corrected chi connectivity index (χ4v) is 11.9. The van der Waals surface area contributed by atoms with Crippen molar-refractivity contribution in [1.82, 2.24) is 4.48 Å². The number of fused-ring (bicyclic) bond motifs is 9. The molecule has 0 unspecified atom stereocenters. The highest BCUT2D eigenvalue weighted by Crippen LogP contribution is 2.50. The van der Waals surface area contributed by atoms with Crippen LogP contribution in [0.25, 0.3) is 88.2 Å². The normalized spacial score (nSPS) is 12.4. The number of hydrogen-bond donors (Lipinski definition) is 0. The summed E-state index contributed by atoms with van der Waals surface area (Å²) in [5.41, 5.74) is 25.9. The van der Waals surface area contributed by atoms with E-state index in [9.17, 15) is 5.26 Å². The highest BCUT2D eigenvalue weighted by Gasteiger charge is 2.44. The average molecular weight is 854 g/mol. The fourth-order valence-electron chi connectivity index (χ4n) is 11.9. The van der Waals surface area contributed by atoms with Crippen LogP contribution in [-0.2, 0) is 0 Å². The maximum atomic E-state index is 10.2. The first-order valence-electron chi connectivity index (χ1n) is 23.3. The minimum Gasteiger partial charge on any atom is -0.375 e. The number of hydrogen-bond acceptors (Lipinski definition) is 2. The predicted molar refractivity (Wildman–Crippen MR) is 283 cm³/mol. The molecule has 0 spiro atoms. The zero-order chi connectivity index (χ0) is 45.1. The van der Waals surface area contributed by atoms with Gasteiger partial charge in [0.05, 0.1) is 11.6 Å². The molecule has 13 rings (SSSR count). The first kappa shape index (κ1) is 39.0. The number of rotatable bonds is 5. The predicted octanol–water partition coefficient (Wildman–Crippen LogP) is 15.1. The molecule has 3 nitrogen and oxygen atoms in total. The lowest BCUT2D eigenvalue weighted by Crippen LogP contribution is -2.57. The number of nitriles is 1. The Hall–Kier alpha value is -8.39. The Morgan fingerprint density at radius 3 is 1.88 bits per heavy atom. The maximum absolute atomic E-state index is 10.2. The van der Waals surface area contributed by atoms with Gasteiger partial charge in [-0.3, -0.25) is 0 Å². The van der Waals surface area contributed by atoms with Crippen LogP contribution in [0.1, 0.15) is 27.8 Å². The second-order valence-electron chi connectivity index (χ2n) is 18.6. The quantitative estimate of drug-likeness (QED) is 0.162. The number of aryl methyl sites for hydroxylation is 3. The van der Waals surface area contributed by atoms with Crippen molar-refractivity contribution in [2.45, 2.75) is 27.7 Å². The molecule has 10 aromatic carbocycles. The van der Waals surface area contributed by atoms with Crippen molar-refractivity contribution in [3.8, 4) is 61.7 Å². The Morgan fingerprint density at radius 1 is 0.478 bits per heavy atom. The molecule has 0 saturated carbocycles. The summed E-state index contributed by atoms with van der Waals surface area (Å²) >= 11 is 0. The van der Waals surface area contributed by atoms with Gasteiger partial charge in [-0.1, -0.05) is 151 Å². The second kappa shape index (κ2) is 14.8. The smallest absolute Gasteiger partial charge is 0.333 e. The van der Waals surface area contributed by atoms with Gasteiger partial charge in [0.1, 0.15) is 0 Å². The summed E-state index contributed by atoms with van der Waals surface area (Å²) < 4.78 is 2.68. The van der Waals surface area contributed by atoms with E-state index in [1.54, 1.807) is 0 Å². The Bertz CT molecular complexity index is 3850. The van der Waals surface area contributed by atoms with Crippen LogP contribution >= 0.6 is 0 Å². The van der Waals surface area contributed by atoms with Gasteiger partial charge in [-0.25, -0.2) is 0 Å². The summed E-state index contributed by atoms with van der Waals surface area (Å²) in [6, 6.07) is 73.9. The Morgan fingerprint density at radius 2 is 1.15 bits per heavy atom. The zero-order valence-electron chi connectivity index (χ0n) is 37.9. The number of para-hydroxylation sites is 1. The van der Waals surface area contributed by atoms with Gasteiger partial charge in [0.15, 0.2) is 0 Å². The van der Waals surface area contributed by atoms with E-state index < -0.39 is 0 Å². The van der Waals surface area contributed by atoms with Gasteiger partial charge >= 0.3 is 6.85 Å². The number of aromatic nitrogens is 1. The minimum absolute atomic E-state index is 0.151. The minimum atomic E-state index is -0.151. The summed E-state index contributed by atoms with van der Waals surface area (Å²) in [4.78, 5) is 2.55. The molecule has 2 aliphatic heterocycles. The van der Waals surface area contributed by atoms with Gasteiger partial charge in [-0.15, -0.1) is 0 Å². The summed E-state index contributed by atoms with van der Waals surface area (Å²) in [5, 5.41) is 15.3. The molecular formula is C63H44BN3. The van der Waals surface area contributed by atoms with Crippen molar-refractivity contribution < 1.29 is 0 Å². The third-order valence-electron chi connectivity index (χ3n) is 14.6. The Labute approximate surface area is 391 Å². The first-order chi connectivity index (χ1) is 32.8. The third kappa shape index (κ3) is 5.84. The van der Waals surface area contributed by atoms with Crippen LogP contribution in [0, 0.1) is 39.0 Å². The molecule has 0 bridgehead atoms. The number of anilines is 3. The standard InChI is InChI=1S/C63H44BN3/c1-38-29-39(2)59(40(3)30-38)47-26-27-56-55(35-47)64-62-58(66(56)50-33-48(43-16-7-5-8-17-43)32-49(34-50)44-18-9-6-10-19-44)36-54(46-21-13-15-42(31-46)37-65)41(4)60(62)52-23-14-24-53-61-51-22-12-11-20-45(51)25-28-57(61)67(64)63(52)53/h5-36H,1-4H3. The van der Waals surface area contributed by atoms with Crippen molar-refractivity contribution in [3.05, 3.63) is 222 Å². The van der Waals surface area contributed by atoms with Crippen LogP contribution in [-0.4, -0.2) is 11.3 Å². The molecule has 0 aliphatic carbocycles. The van der Waals surface area contributed by atoms with Crippen molar-refractivity contribution >= 4 is 67.4 Å². The lowest BCUT2D eigenvalue weighted by molar-refractivity contribution is 1.24. The lowest BCUT2D eigenvalue weighted by Gasteiger charge is -2.42. The molecule has 4 heteroatoms. The molecular weight excluding hydrogens is 810 g/mol. The van der Waals surface area contributed by atoms with Gasteiger partial charge in [-0.2, -0.15) is 5.26 Å². The maximum Gasteiger partial charge on any atom is 0.333 e. The molecule has 0 saturated heterocycles. The van der Waals surface area contributed by atoms with E-state index in [1.807, 2.05) is 12.1 Å². The monoisotopic (exact) mass is 853 g/mol. The molecule has 0 N–H and O–H groups in total.